The summed E-state index contributed by atoms with van der Waals surface area (Å²) in [5.41, 5.74) is 2.18. The first-order valence-electron chi connectivity index (χ1n) is 6.92. The molecule has 7 nitrogen and oxygen atoms in total. The van der Waals surface area contributed by atoms with Gasteiger partial charge in [0.2, 0.25) is 5.95 Å². The Morgan fingerprint density at radius 1 is 1.35 bits per heavy atom. The third-order valence-corrected chi connectivity index (χ3v) is 3.56. The van der Waals surface area contributed by atoms with Crippen molar-refractivity contribution >= 4 is 5.95 Å². The normalized spacial score (nSPS) is 14.4. The fourth-order valence-electron chi connectivity index (χ4n) is 2.30. The molecule has 3 heterocycles. The van der Waals surface area contributed by atoms with Crippen molar-refractivity contribution < 1.29 is 0 Å². The molecule has 20 heavy (non-hydrogen) atoms. The van der Waals surface area contributed by atoms with Gasteiger partial charge < -0.3 is 14.8 Å². The molecule has 7 heteroatoms. The number of aromatic nitrogens is 5. The Hall–Kier alpha value is -2.02. The molecule has 3 rings (SSSR count). The van der Waals surface area contributed by atoms with Crippen molar-refractivity contribution in [3.05, 3.63) is 29.6 Å². The molecule has 0 atom stereocenters. The molecule has 0 radical (unpaired) electrons. The van der Waals surface area contributed by atoms with Crippen molar-refractivity contribution in [2.45, 2.75) is 33.5 Å². The number of aryl methyl sites for hydroxylation is 1. The summed E-state index contributed by atoms with van der Waals surface area (Å²) in [6.45, 7) is 8.37. The minimum Gasteiger partial charge on any atom is -0.331 e. The van der Waals surface area contributed by atoms with Gasteiger partial charge in [0.05, 0.1) is 6.54 Å². The van der Waals surface area contributed by atoms with E-state index in [9.17, 15) is 0 Å². The van der Waals surface area contributed by atoms with Crippen LogP contribution in [-0.4, -0.2) is 37.8 Å². The molecule has 1 N–H and O–H groups in total. The SMILES string of the molecule is CCNCc1cnc(N2CCn3cnnc3C2)nc1C. The van der Waals surface area contributed by atoms with Crippen LogP contribution in [0.15, 0.2) is 12.5 Å². The van der Waals surface area contributed by atoms with Crippen LogP contribution in [-0.2, 0) is 19.6 Å². The van der Waals surface area contributed by atoms with Gasteiger partial charge in [-0.3, -0.25) is 0 Å². The first-order valence-corrected chi connectivity index (χ1v) is 6.92. The van der Waals surface area contributed by atoms with Gasteiger partial charge in [0.1, 0.15) is 6.33 Å². The molecule has 0 spiro atoms. The van der Waals surface area contributed by atoms with Crippen LogP contribution >= 0.6 is 0 Å². The van der Waals surface area contributed by atoms with Gasteiger partial charge in [0.15, 0.2) is 5.82 Å². The fourth-order valence-corrected chi connectivity index (χ4v) is 2.30. The van der Waals surface area contributed by atoms with Gasteiger partial charge in [-0.25, -0.2) is 9.97 Å². The van der Waals surface area contributed by atoms with Gasteiger partial charge in [0, 0.05) is 37.1 Å². The molecule has 106 valence electrons. The zero-order valence-electron chi connectivity index (χ0n) is 11.9. The highest BCUT2D eigenvalue weighted by atomic mass is 15.4. The number of nitrogens with one attached hydrogen (secondary N) is 1. The van der Waals surface area contributed by atoms with Gasteiger partial charge in [-0.05, 0) is 13.5 Å². The Labute approximate surface area is 118 Å². The average Bonchev–Trinajstić information content (AvgIpc) is 2.93. The van der Waals surface area contributed by atoms with Crippen LogP contribution in [0.4, 0.5) is 5.95 Å². The van der Waals surface area contributed by atoms with E-state index in [-0.39, 0.29) is 0 Å². The summed E-state index contributed by atoms with van der Waals surface area (Å²) in [7, 11) is 0. The van der Waals surface area contributed by atoms with E-state index in [1.54, 1.807) is 6.33 Å². The summed E-state index contributed by atoms with van der Waals surface area (Å²) < 4.78 is 2.07. The molecule has 0 aromatic carbocycles. The minimum absolute atomic E-state index is 0.714. The number of anilines is 1. The first kappa shape index (κ1) is 13.0. The number of nitrogens with zero attached hydrogens (tertiary/aromatic N) is 6. The molecular weight excluding hydrogens is 254 g/mol. The molecule has 0 fully saturated rings. The van der Waals surface area contributed by atoms with E-state index in [0.29, 0.717) is 6.54 Å². The molecular formula is C13H19N7. The standard InChI is InChI=1S/C13H19N7/c1-3-14-6-11-7-15-13(17-10(11)2)19-4-5-20-9-16-18-12(20)8-19/h7,9,14H,3-6,8H2,1-2H3. The Kier molecular flexibility index (Phi) is 3.60. The lowest BCUT2D eigenvalue weighted by Gasteiger charge is -2.27. The summed E-state index contributed by atoms with van der Waals surface area (Å²) >= 11 is 0. The van der Waals surface area contributed by atoms with E-state index >= 15 is 0 Å². The zero-order valence-corrected chi connectivity index (χ0v) is 11.9. The maximum atomic E-state index is 4.62. The second-order valence-electron chi connectivity index (χ2n) is 4.92. The van der Waals surface area contributed by atoms with Crippen LogP contribution in [0.2, 0.25) is 0 Å². The van der Waals surface area contributed by atoms with Gasteiger partial charge in [-0.1, -0.05) is 6.92 Å². The lowest BCUT2D eigenvalue weighted by atomic mass is 10.2. The topological polar surface area (TPSA) is 71.8 Å². The maximum absolute atomic E-state index is 4.62. The molecule has 0 bridgehead atoms. The van der Waals surface area contributed by atoms with Gasteiger partial charge in [-0.2, -0.15) is 0 Å². The molecule has 0 saturated carbocycles. The minimum atomic E-state index is 0.714. The Bertz CT molecular complexity index is 592. The number of hydrogen-bond donors (Lipinski definition) is 1. The van der Waals surface area contributed by atoms with Crippen LogP contribution in [0.1, 0.15) is 24.0 Å². The van der Waals surface area contributed by atoms with Crippen molar-refractivity contribution in [3.8, 4) is 0 Å². The summed E-state index contributed by atoms with van der Waals surface area (Å²) in [5.74, 6) is 1.74. The smallest absolute Gasteiger partial charge is 0.225 e. The van der Waals surface area contributed by atoms with Gasteiger partial charge in [0.25, 0.3) is 0 Å². The van der Waals surface area contributed by atoms with Crippen LogP contribution in [0.5, 0.6) is 0 Å². The van der Waals surface area contributed by atoms with Crippen molar-refractivity contribution in [2.24, 2.45) is 0 Å². The molecule has 0 aliphatic carbocycles. The van der Waals surface area contributed by atoms with Crippen molar-refractivity contribution in [1.29, 1.82) is 0 Å². The monoisotopic (exact) mass is 273 g/mol. The predicted molar refractivity (Wildman–Crippen MR) is 75.2 cm³/mol. The van der Waals surface area contributed by atoms with Crippen LogP contribution in [0.3, 0.4) is 0 Å². The number of fused-ring (bicyclic) bond motifs is 1. The number of rotatable bonds is 4. The molecule has 2 aromatic heterocycles. The molecule has 0 saturated heterocycles. The lowest BCUT2D eigenvalue weighted by molar-refractivity contribution is 0.550. The Balaban J connectivity index is 1.76. The van der Waals surface area contributed by atoms with E-state index in [1.807, 2.05) is 13.1 Å². The van der Waals surface area contributed by atoms with Crippen LogP contribution in [0, 0.1) is 6.92 Å². The van der Waals surface area contributed by atoms with E-state index in [1.165, 1.54) is 0 Å². The summed E-state index contributed by atoms with van der Waals surface area (Å²) in [6.07, 6.45) is 3.69. The molecule has 0 unspecified atom stereocenters. The zero-order chi connectivity index (χ0) is 13.9. The van der Waals surface area contributed by atoms with Crippen molar-refractivity contribution in [1.82, 2.24) is 30.0 Å². The van der Waals surface area contributed by atoms with Gasteiger partial charge in [-0.15, -0.1) is 10.2 Å². The highest BCUT2D eigenvalue weighted by molar-refractivity contribution is 5.34. The maximum Gasteiger partial charge on any atom is 0.225 e. The van der Waals surface area contributed by atoms with Crippen LogP contribution < -0.4 is 10.2 Å². The molecule has 2 aromatic rings. The van der Waals surface area contributed by atoms with Crippen molar-refractivity contribution in [2.75, 3.05) is 18.0 Å². The van der Waals surface area contributed by atoms with E-state index in [4.69, 9.17) is 0 Å². The molecule has 1 aliphatic rings. The lowest BCUT2D eigenvalue weighted by Crippen LogP contribution is -2.35. The van der Waals surface area contributed by atoms with E-state index in [0.717, 1.165) is 49.2 Å². The van der Waals surface area contributed by atoms with E-state index in [2.05, 4.69) is 41.9 Å². The summed E-state index contributed by atoms with van der Waals surface area (Å²) in [5, 5.41) is 11.4. The highest BCUT2D eigenvalue weighted by Crippen LogP contribution is 2.17. The summed E-state index contributed by atoms with van der Waals surface area (Å²) in [6, 6.07) is 0. The predicted octanol–water partition coefficient (Wildman–Crippen LogP) is 0.506. The Morgan fingerprint density at radius 2 is 2.25 bits per heavy atom. The molecule has 0 amide bonds. The quantitative estimate of drug-likeness (QED) is 0.875. The average molecular weight is 273 g/mol. The molecule has 1 aliphatic heterocycles. The van der Waals surface area contributed by atoms with Crippen LogP contribution in [0.25, 0.3) is 0 Å². The van der Waals surface area contributed by atoms with Crippen molar-refractivity contribution in [3.63, 3.8) is 0 Å². The first-order chi connectivity index (χ1) is 9.78. The largest absolute Gasteiger partial charge is 0.331 e. The van der Waals surface area contributed by atoms with E-state index < -0.39 is 0 Å². The number of hydrogen-bond acceptors (Lipinski definition) is 6. The third-order valence-electron chi connectivity index (χ3n) is 3.56. The van der Waals surface area contributed by atoms with Gasteiger partial charge >= 0.3 is 0 Å². The summed E-state index contributed by atoms with van der Waals surface area (Å²) in [4.78, 5) is 11.3. The third kappa shape index (κ3) is 2.49. The Morgan fingerprint density at radius 3 is 3.05 bits per heavy atom. The fraction of sp³-hybridized carbons (Fsp3) is 0.538. The second-order valence-corrected chi connectivity index (χ2v) is 4.92. The highest BCUT2D eigenvalue weighted by Gasteiger charge is 2.19. The second kappa shape index (κ2) is 5.54.